The average molecular weight is 308 g/mol. The van der Waals surface area contributed by atoms with Crippen molar-refractivity contribution in [2.24, 2.45) is 0 Å². The molecular weight excluding hydrogens is 288 g/mol. The molecule has 2 atom stereocenters. The molecule has 3 heteroatoms. The van der Waals surface area contributed by atoms with Crippen LogP contribution in [-0.4, -0.2) is 11.9 Å². The first-order valence-electron chi connectivity index (χ1n) is 7.71. The summed E-state index contributed by atoms with van der Waals surface area (Å²) in [6.45, 7) is 7.57. The first-order chi connectivity index (χ1) is 10.8. The summed E-state index contributed by atoms with van der Waals surface area (Å²) in [5, 5.41) is 0. The molecule has 1 saturated heterocycles. The van der Waals surface area contributed by atoms with E-state index in [1.165, 1.54) is 0 Å². The van der Waals surface area contributed by atoms with Gasteiger partial charge in [0.15, 0.2) is 0 Å². The molecular formula is C20H20O3. The number of rotatable bonds is 2. The van der Waals surface area contributed by atoms with Gasteiger partial charge < -0.3 is 4.74 Å². The summed E-state index contributed by atoms with van der Waals surface area (Å²) < 4.78 is 5.08. The molecule has 2 aromatic carbocycles. The molecule has 118 valence electrons. The number of benzene rings is 2. The lowest BCUT2D eigenvalue weighted by molar-refractivity contribution is -0.154. The molecule has 0 bridgehead atoms. The van der Waals surface area contributed by atoms with E-state index in [1.54, 1.807) is 13.8 Å². The Morgan fingerprint density at radius 2 is 0.957 bits per heavy atom. The Balaban J connectivity index is 2.23. The molecule has 0 spiro atoms. The van der Waals surface area contributed by atoms with Crippen LogP contribution in [0.1, 0.15) is 36.1 Å². The number of carbonyl (C=O) groups is 2. The predicted molar refractivity (Wildman–Crippen MR) is 88.2 cm³/mol. The summed E-state index contributed by atoms with van der Waals surface area (Å²) in [7, 11) is 0. The first kappa shape index (κ1) is 15.5. The lowest BCUT2D eigenvalue weighted by Gasteiger charge is -2.35. The van der Waals surface area contributed by atoms with E-state index in [0.29, 0.717) is 0 Å². The Hall–Kier alpha value is -2.42. The molecule has 0 unspecified atom stereocenters. The fraction of sp³-hybridized carbons (Fsp3) is 0.300. The fourth-order valence-electron chi connectivity index (χ4n) is 3.28. The molecule has 1 heterocycles. The van der Waals surface area contributed by atoms with E-state index in [9.17, 15) is 9.59 Å². The molecule has 0 N–H and O–H groups in total. The molecule has 0 radical (unpaired) electrons. The fourth-order valence-corrected chi connectivity index (χ4v) is 3.28. The molecule has 0 aliphatic carbocycles. The minimum atomic E-state index is -1.05. The van der Waals surface area contributed by atoms with Crippen molar-refractivity contribution in [3.8, 4) is 0 Å². The van der Waals surface area contributed by atoms with Crippen LogP contribution < -0.4 is 0 Å². The second-order valence-electron chi connectivity index (χ2n) is 6.66. The van der Waals surface area contributed by atoms with Crippen molar-refractivity contribution in [2.45, 2.75) is 38.5 Å². The summed E-state index contributed by atoms with van der Waals surface area (Å²) in [5.41, 5.74) is 1.70. The van der Waals surface area contributed by atoms with Gasteiger partial charge in [-0.25, -0.2) is 0 Å². The highest BCUT2D eigenvalue weighted by atomic mass is 16.6. The zero-order chi connectivity index (χ0) is 16.8. The quantitative estimate of drug-likeness (QED) is 0.629. The summed E-state index contributed by atoms with van der Waals surface area (Å²) in [6, 6.07) is 15.4. The highest BCUT2D eigenvalue weighted by molar-refractivity contribution is 6.08. The maximum absolute atomic E-state index is 12.6. The SMILES string of the molecule is Cc1ccc([C@]2(C)C(=O)OC(=O)[C@]2(C)c2ccc(C)cc2)cc1. The summed E-state index contributed by atoms with van der Waals surface area (Å²) in [5.74, 6) is -0.983. The van der Waals surface area contributed by atoms with Gasteiger partial charge in [-0.1, -0.05) is 59.7 Å². The Morgan fingerprint density at radius 1 is 0.652 bits per heavy atom. The Kier molecular flexibility index (Phi) is 3.40. The van der Waals surface area contributed by atoms with Crippen molar-refractivity contribution in [2.75, 3.05) is 0 Å². The second-order valence-corrected chi connectivity index (χ2v) is 6.66. The maximum atomic E-state index is 12.6. The molecule has 1 aliphatic heterocycles. The van der Waals surface area contributed by atoms with E-state index in [2.05, 4.69) is 0 Å². The normalized spacial score (nSPS) is 27.1. The molecule has 0 amide bonds. The van der Waals surface area contributed by atoms with Gasteiger partial charge in [0.1, 0.15) is 10.8 Å². The van der Waals surface area contributed by atoms with Gasteiger partial charge in [-0.3, -0.25) is 9.59 Å². The second kappa shape index (κ2) is 5.05. The highest BCUT2D eigenvalue weighted by Gasteiger charge is 2.64. The van der Waals surface area contributed by atoms with Crippen LogP contribution in [0.4, 0.5) is 0 Å². The van der Waals surface area contributed by atoms with E-state index >= 15 is 0 Å². The number of esters is 2. The standard InChI is InChI=1S/C20H20O3/c1-13-5-9-15(10-6-13)19(3)17(21)23-18(22)20(19,4)16-11-7-14(2)8-12-16/h5-12H,1-4H3/t19-,20+. The van der Waals surface area contributed by atoms with Crippen LogP contribution in [0.25, 0.3) is 0 Å². The lowest BCUT2D eigenvalue weighted by Crippen LogP contribution is -2.47. The molecule has 0 aromatic heterocycles. The molecule has 2 aromatic rings. The number of hydrogen-bond donors (Lipinski definition) is 0. The Bertz CT molecular complexity index is 706. The van der Waals surface area contributed by atoms with E-state index in [-0.39, 0.29) is 0 Å². The van der Waals surface area contributed by atoms with E-state index in [0.717, 1.165) is 22.3 Å². The first-order valence-corrected chi connectivity index (χ1v) is 7.71. The van der Waals surface area contributed by atoms with Gasteiger partial charge >= 0.3 is 11.9 Å². The third-order valence-electron chi connectivity index (χ3n) is 5.26. The van der Waals surface area contributed by atoms with E-state index < -0.39 is 22.8 Å². The van der Waals surface area contributed by atoms with Crippen molar-refractivity contribution in [3.05, 3.63) is 70.8 Å². The number of cyclic esters (lactones) is 2. The lowest BCUT2D eigenvalue weighted by atomic mass is 9.60. The number of carbonyl (C=O) groups excluding carboxylic acids is 2. The van der Waals surface area contributed by atoms with Gasteiger partial charge in [-0.2, -0.15) is 0 Å². The number of ether oxygens (including phenoxy) is 1. The van der Waals surface area contributed by atoms with Crippen LogP contribution in [0, 0.1) is 13.8 Å². The maximum Gasteiger partial charge on any atom is 0.325 e. The monoisotopic (exact) mass is 308 g/mol. The van der Waals surface area contributed by atoms with Crippen LogP contribution in [0.3, 0.4) is 0 Å². The minimum Gasteiger partial charge on any atom is -0.392 e. The van der Waals surface area contributed by atoms with Crippen molar-refractivity contribution in [1.82, 2.24) is 0 Å². The summed E-state index contributed by atoms with van der Waals surface area (Å²) in [4.78, 5) is 25.2. The number of hydrogen-bond acceptors (Lipinski definition) is 3. The smallest absolute Gasteiger partial charge is 0.325 e. The van der Waals surface area contributed by atoms with Gasteiger partial charge in [0.25, 0.3) is 0 Å². The highest BCUT2D eigenvalue weighted by Crippen LogP contribution is 2.50. The van der Waals surface area contributed by atoms with Crippen LogP contribution in [0.5, 0.6) is 0 Å². The molecule has 1 aliphatic rings. The van der Waals surface area contributed by atoms with Crippen molar-refractivity contribution < 1.29 is 14.3 Å². The summed E-state index contributed by atoms with van der Waals surface area (Å²) in [6.07, 6.45) is 0. The van der Waals surface area contributed by atoms with Crippen molar-refractivity contribution >= 4 is 11.9 Å². The van der Waals surface area contributed by atoms with Gasteiger partial charge in [0, 0.05) is 0 Å². The zero-order valence-corrected chi connectivity index (χ0v) is 13.8. The molecule has 23 heavy (non-hydrogen) atoms. The molecule has 0 saturated carbocycles. The predicted octanol–water partition coefficient (Wildman–Crippen LogP) is 3.60. The Labute approximate surface area is 136 Å². The third-order valence-corrected chi connectivity index (χ3v) is 5.26. The van der Waals surface area contributed by atoms with Gasteiger partial charge in [0.05, 0.1) is 0 Å². The summed E-state index contributed by atoms with van der Waals surface area (Å²) >= 11 is 0. The van der Waals surface area contributed by atoms with Crippen LogP contribution in [0.15, 0.2) is 48.5 Å². The molecule has 3 rings (SSSR count). The topological polar surface area (TPSA) is 43.4 Å². The average Bonchev–Trinajstić information content (AvgIpc) is 2.71. The van der Waals surface area contributed by atoms with Crippen LogP contribution in [-0.2, 0) is 25.2 Å². The van der Waals surface area contributed by atoms with E-state index in [1.807, 2.05) is 62.4 Å². The van der Waals surface area contributed by atoms with Crippen molar-refractivity contribution in [1.29, 1.82) is 0 Å². The van der Waals surface area contributed by atoms with Crippen LogP contribution in [0.2, 0.25) is 0 Å². The molecule has 3 nitrogen and oxygen atoms in total. The third kappa shape index (κ3) is 2.03. The van der Waals surface area contributed by atoms with Crippen molar-refractivity contribution in [3.63, 3.8) is 0 Å². The Morgan fingerprint density at radius 3 is 1.26 bits per heavy atom. The van der Waals surface area contributed by atoms with Gasteiger partial charge in [0.2, 0.25) is 0 Å². The van der Waals surface area contributed by atoms with Crippen LogP contribution >= 0.6 is 0 Å². The van der Waals surface area contributed by atoms with E-state index in [4.69, 9.17) is 4.74 Å². The van der Waals surface area contributed by atoms with Gasteiger partial charge in [-0.05, 0) is 38.8 Å². The molecule has 1 fully saturated rings. The minimum absolute atomic E-state index is 0.491. The number of aryl methyl sites for hydroxylation is 2. The zero-order valence-electron chi connectivity index (χ0n) is 13.8. The van der Waals surface area contributed by atoms with Gasteiger partial charge in [-0.15, -0.1) is 0 Å². The largest absolute Gasteiger partial charge is 0.392 e.